The number of hydrogen-bond acceptors (Lipinski definition) is 1. The Morgan fingerprint density at radius 2 is 1.92 bits per heavy atom. The van der Waals surface area contributed by atoms with Gasteiger partial charge in [0, 0.05) is 34.5 Å². The molecule has 0 amide bonds. The molecule has 1 aromatic heterocycles. The van der Waals surface area contributed by atoms with Crippen LogP contribution in [0.15, 0.2) is 54.7 Å². The molecule has 3 aromatic rings. The summed E-state index contributed by atoms with van der Waals surface area (Å²) in [6.07, 6.45) is 1.65. The molecule has 1 aliphatic carbocycles. The Morgan fingerprint density at radius 3 is 2.65 bits per heavy atom. The van der Waals surface area contributed by atoms with E-state index >= 15 is 0 Å². The number of hydrogen-bond donors (Lipinski definition) is 0. The van der Waals surface area contributed by atoms with Crippen molar-refractivity contribution in [2.45, 2.75) is 45.3 Å². The molecule has 0 N–H and O–H groups in total. The summed E-state index contributed by atoms with van der Waals surface area (Å²) in [6, 6.07) is 14.9. The van der Waals surface area contributed by atoms with Crippen molar-refractivity contribution in [3.05, 3.63) is 77.5 Å². The largest absolute Gasteiger partial charge is 0.305 e. The molecular formula is C24H24IrN-. The first-order valence-corrected chi connectivity index (χ1v) is 8.33. The predicted molar refractivity (Wildman–Crippen MR) is 105 cm³/mol. The van der Waals surface area contributed by atoms with E-state index in [-0.39, 0.29) is 42.7 Å². The fraction of sp³-hybridized carbons (Fsp3) is 0.292. The van der Waals surface area contributed by atoms with Gasteiger partial charge in [-0.25, -0.2) is 0 Å². The van der Waals surface area contributed by atoms with Crippen molar-refractivity contribution in [2.75, 3.05) is 0 Å². The van der Waals surface area contributed by atoms with Gasteiger partial charge < -0.3 is 4.98 Å². The first-order chi connectivity index (χ1) is 14.7. The Labute approximate surface area is 180 Å². The van der Waals surface area contributed by atoms with Crippen molar-refractivity contribution in [3.63, 3.8) is 0 Å². The number of rotatable bonds is 1. The maximum Gasteiger partial charge on any atom is 0.0623 e. The number of nitrogens with zero attached hydrogens (tertiary/aromatic N) is 1. The van der Waals surface area contributed by atoms with Gasteiger partial charge in [-0.1, -0.05) is 70.3 Å². The van der Waals surface area contributed by atoms with Crippen LogP contribution in [0.3, 0.4) is 0 Å². The zero-order valence-corrected chi connectivity index (χ0v) is 17.3. The fourth-order valence-electron chi connectivity index (χ4n) is 3.46. The minimum absolute atomic E-state index is 0. The predicted octanol–water partition coefficient (Wildman–Crippen LogP) is 6.15. The number of pyridine rings is 1. The van der Waals surface area contributed by atoms with Crippen LogP contribution in [0.5, 0.6) is 0 Å². The summed E-state index contributed by atoms with van der Waals surface area (Å²) in [5, 5.41) is 0. The summed E-state index contributed by atoms with van der Waals surface area (Å²) in [5.41, 5.74) is 0.722. The molecule has 1 nitrogen and oxygen atoms in total. The molecule has 1 heterocycles. The normalized spacial score (nSPS) is 19.3. The van der Waals surface area contributed by atoms with Gasteiger partial charge in [0.05, 0.1) is 1.37 Å². The third-order valence-corrected chi connectivity index (χ3v) is 4.81. The second-order valence-electron chi connectivity index (χ2n) is 7.54. The third kappa shape index (κ3) is 2.86. The van der Waals surface area contributed by atoms with E-state index in [4.69, 9.17) is 9.60 Å². The minimum Gasteiger partial charge on any atom is -0.305 e. The van der Waals surface area contributed by atoms with Gasteiger partial charge in [0.1, 0.15) is 0 Å². The standard InChI is InChI=1S/C24H24N.Ir/c1-23(2,3)16-13-14-25-21(15-16)19-11-8-10-18-17-9-6-7-12-20(17)24(4,5)22(18)19;/h6-10,12-15H,1-5H3;/q-1;/i4D3,5D3,7D;. The van der Waals surface area contributed by atoms with Gasteiger partial charge in [-0.3, -0.25) is 0 Å². The van der Waals surface area contributed by atoms with E-state index in [1.165, 1.54) is 6.07 Å². The molecule has 0 aliphatic heterocycles. The van der Waals surface area contributed by atoms with Crippen LogP contribution in [-0.2, 0) is 30.9 Å². The van der Waals surface area contributed by atoms with Crippen molar-refractivity contribution in [3.8, 4) is 22.4 Å². The Balaban J connectivity index is 0.00000306. The minimum atomic E-state index is -2.91. The van der Waals surface area contributed by atoms with E-state index in [0.29, 0.717) is 22.4 Å². The molecular weight excluding hydrogens is 494 g/mol. The second-order valence-corrected chi connectivity index (χ2v) is 7.54. The van der Waals surface area contributed by atoms with Crippen LogP contribution in [0.1, 0.15) is 60.8 Å². The van der Waals surface area contributed by atoms with Gasteiger partial charge >= 0.3 is 0 Å². The monoisotopic (exact) mass is 526 g/mol. The van der Waals surface area contributed by atoms with Crippen LogP contribution in [0, 0.1) is 6.07 Å². The fourth-order valence-corrected chi connectivity index (χ4v) is 3.46. The molecule has 0 fully saturated rings. The zero-order chi connectivity index (χ0) is 23.7. The molecule has 135 valence electrons. The van der Waals surface area contributed by atoms with Crippen LogP contribution >= 0.6 is 0 Å². The van der Waals surface area contributed by atoms with Crippen molar-refractivity contribution >= 4 is 0 Å². The molecule has 0 bridgehead atoms. The maximum absolute atomic E-state index is 8.44. The van der Waals surface area contributed by atoms with Crippen molar-refractivity contribution in [1.82, 2.24) is 4.98 Å². The van der Waals surface area contributed by atoms with Crippen LogP contribution in [-0.4, -0.2) is 4.98 Å². The van der Waals surface area contributed by atoms with E-state index in [1.54, 1.807) is 30.5 Å². The molecule has 4 rings (SSSR count). The molecule has 1 radical (unpaired) electrons. The van der Waals surface area contributed by atoms with Gasteiger partial charge in [0.15, 0.2) is 0 Å². The van der Waals surface area contributed by atoms with Crippen molar-refractivity contribution < 1.29 is 29.7 Å². The maximum atomic E-state index is 8.44. The summed E-state index contributed by atoms with van der Waals surface area (Å²) in [5.74, 6) is 0. The Hall–Kier alpha value is -1.76. The van der Waals surface area contributed by atoms with Gasteiger partial charge in [-0.15, -0.1) is 29.3 Å². The average molecular weight is 526 g/mol. The molecule has 0 saturated carbocycles. The number of fused-ring (bicyclic) bond motifs is 3. The summed E-state index contributed by atoms with van der Waals surface area (Å²) in [6.45, 7) is 0.374. The summed E-state index contributed by atoms with van der Waals surface area (Å²) in [7, 11) is 0. The molecule has 0 atom stereocenters. The third-order valence-electron chi connectivity index (χ3n) is 4.81. The van der Waals surface area contributed by atoms with Crippen molar-refractivity contribution in [1.29, 1.82) is 0 Å². The summed E-state index contributed by atoms with van der Waals surface area (Å²) in [4.78, 5) is 4.48. The van der Waals surface area contributed by atoms with Gasteiger partial charge in [-0.2, -0.15) is 0 Å². The molecule has 2 heteroatoms. The SMILES string of the molecule is [2H]c1ccc2c(c1)C(C([2H])([2H])[2H])(C([2H])([2H])[2H])c1c(-c3cc(C(C)(C)C)ccn3)[c-]ccc1-2.[Ir]. The molecule has 26 heavy (non-hydrogen) atoms. The van der Waals surface area contributed by atoms with Crippen LogP contribution in [0.2, 0.25) is 0 Å². The van der Waals surface area contributed by atoms with E-state index < -0.39 is 19.1 Å². The van der Waals surface area contributed by atoms with Crippen LogP contribution in [0.25, 0.3) is 22.4 Å². The van der Waals surface area contributed by atoms with Crippen LogP contribution < -0.4 is 0 Å². The quantitative estimate of drug-likeness (QED) is 0.347. The van der Waals surface area contributed by atoms with Gasteiger partial charge in [0.25, 0.3) is 0 Å². The van der Waals surface area contributed by atoms with E-state index in [0.717, 1.165) is 5.56 Å². The van der Waals surface area contributed by atoms with Gasteiger partial charge in [-0.05, 0) is 39.3 Å². The van der Waals surface area contributed by atoms with E-state index in [1.807, 2.05) is 12.1 Å². The Morgan fingerprint density at radius 1 is 1.12 bits per heavy atom. The molecule has 0 unspecified atom stereocenters. The Kier molecular flexibility index (Phi) is 2.94. The molecule has 1 aliphatic rings. The average Bonchev–Trinajstić information content (AvgIpc) is 2.97. The molecule has 2 aromatic carbocycles. The molecule has 0 saturated heterocycles. The first-order valence-electron chi connectivity index (χ1n) is 11.8. The topological polar surface area (TPSA) is 12.9 Å². The van der Waals surface area contributed by atoms with Gasteiger partial charge in [0.2, 0.25) is 0 Å². The first kappa shape index (κ1) is 11.8. The van der Waals surface area contributed by atoms with E-state index in [2.05, 4.69) is 31.8 Å². The number of aromatic nitrogens is 1. The summed E-state index contributed by atoms with van der Waals surface area (Å²) < 4.78 is 58.7. The smallest absolute Gasteiger partial charge is 0.0623 e. The molecule has 0 spiro atoms. The van der Waals surface area contributed by atoms with Crippen LogP contribution in [0.4, 0.5) is 0 Å². The summed E-state index contributed by atoms with van der Waals surface area (Å²) >= 11 is 0. The van der Waals surface area contributed by atoms with Crippen molar-refractivity contribution in [2.24, 2.45) is 0 Å². The second kappa shape index (κ2) is 6.44. The Bertz CT molecular complexity index is 1190. The number of benzene rings is 2. The van der Waals surface area contributed by atoms with E-state index in [9.17, 15) is 0 Å². The zero-order valence-electron chi connectivity index (χ0n) is 21.9.